The molecule has 0 amide bonds. The Kier molecular flexibility index (Phi) is 6.36. The van der Waals surface area contributed by atoms with Crippen molar-refractivity contribution in [2.24, 2.45) is 0 Å². The summed E-state index contributed by atoms with van der Waals surface area (Å²) in [4.78, 5) is 17.7. The van der Waals surface area contributed by atoms with Crippen molar-refractivity contribution in [3.63, 3.8) is 0 Å². The van der Waals surface area contributed by atoms with E-state index in [9.17, 15) is 9.90 Å². The van der Waals surface area contributed by atoms with Crippen LogP contribution in [0.25, 0.3) is 16.9 Å². The van der Waals surface area contributed by atoms with E-state index in [2.05, 4.69) is 10.1 Å². The fourth-order valence-electron chi connectivity index (χ4n) is 4.08. The Morgan fingerprint density at radius 3 is 2.47 bits per heavy atom. The lowest BCUT2D eigenvalue weighted by molar-refractivity contribution is 0.0784. The summed E-state index contributed by atoms with van der Waals surface area (Å²) in [6.07, 6.45) is 1.85. The van der Waals surface area contributed by atoms with E-state index in [0.29, 0.717) is 23.5 Å². The van der Waals surface area contributed by atoms with Crippen molar-refractivity contribution in [2.75, 3.05) is 0 Å². The maximum atomic E-state index is 13.0. The molecule has 2 aromatic heterocycles. The fourth-order valence-corrected chi connectivity index (χ4v) is 4.08. The van der Waals surface area contributed by atoms with Crippen molar-refractivity contribution in [3.05, 3.63) is 120 Å². The summed E-state index contributed by atoms with van der Waals surface area (Å²) in [5, 5.41) is 14.6. The highest BCUT2D eigenvalue weighted by Gasteiger charge is 2.17. The molecule has 0 saturated carbocycles. The van der Waals surface area contributed by atoms with Crippen LogP contribution in [0.15, 0.2) is 97.2 Å². The number of aromatic nitrogens is 3. The highest BCUT2D eigenvalue weighted by molar-refractivity contribution is 5.97. The largest absolute Gasteiger partial charge is 0.489 e. The summed E-state index contributed by atoms with van der Waals surface area (Å²) in [5.74, 6) is 0.706. The Bertz CT molecular complexity index is 1500. The zero-order chi connectivity index (χ0) is 25.1. The van der Waals surface area contributed by atoms with Gasteiger partial charge in [-0.2, -0.15) is 5.10 Å². The van der Waals surface area contributed by atoms with Gasteiger partial charge in [0.05, 0.1) is 29.6 Å². The number of fused-ring (bicyclic) bond motifs is 1. The van der Waals surface area contributed by atoms with Gasteiger partial charge in [-0.15, -0.1) is 0 Å². The zero-order valence-corrected chi connectivity index (χ0v) is 20.3. The molecule has 0 aliphatic carbocycles. The summed E-state index contributed by atoms with van der Waals surface area (Å²) >= 11 is 0. The predicted molar refractivity (Wildman–Crippen MR) is 139 cm³/mol. The standard InChI is InChI=1S/C30H27N3O3/c1-30(2,35)24-13-11-22(12-14-24)28(34)19-25-18-27(33-29(32-25)15-16-31-33)23-9-6-10-26(17-23)36-20-21-7-4-3-5-8-21/h3-18,35H,19-20H2,1-2H3. The van der Waals surface area contributed by atoms with Crippen molar-refractivity contribution in [3.8, 4) is 17.0 Å². The number of ketones is 1. The first-order valence-electron chi connectivity index (χ1n) is 11.8. The second-order valence-corrected chi connectivity index (χ2v) is 9.27. The molecule has 0 saturated heterocycles. The number of carbonyl (C=O) groups excluding carboxylic acids is 1. The van der Waals surface area contributed by atoms with E-state index in [4.69, 9.17) is 4.74 Å². The van der Waals surface area contributed by atoms with Crippen LogP contribution in [0.1, 0.15) is 41.0 Å². The molecule has 0 fully saturated rings. The highest BCUT2D eigenvalue weighted by atomic mass is 16.5. The van der Waals surface area contributed by atoms with Gasteiger partial charge in [0.15, 0.2) is 11.4 Å². The number of ether oxygens (including phenoxy) is 1. The van der Waals surface area contributed by atoms with Crippen molar-refractivity contribution >= 4 is 11.4 Å². The molecule has 0 unspecified atom stereocenters. The maximum absolute atomic E-state index is 13.0. The van der Waals surface area contributed by atoms with Crippen LogP contribution < -0.4 is 4.74 Å². The molecule has 0 spiro atoms. The molecule has 0 aliphatic rings. The minimum Gasteiger partial charge on any atom is -0.489 e. The molecule has 180 valence electrons. The van der Waals surface area contributed by atoms with Crippen molar-refractivity contribution in [1.29, 1.82) is 0 Å². The van der Waals surface area contributed by atoms with Gasteiger partial charge in [-0.1, -0.05) is 66.7 Å². The van der Waals surface area contributed by atoms with Gasteiger partial charge >= 0.3 is 0 Å². The lowest BCUT2D eigenvalue weighted by atomic mass is 9.96. The van der Waals surface area contributed by atoms with E-state index < -0.39 is 5.60 Å². The average Bonchev–Trinajstić information content (AvgIpc) is 3.36. The van der Waals surface area contributed by atoms with Crippen LogP contribution in [0.4, 0.5) is 0 Å². The van der Waals surface area contributed by atoms with E-state index >= 15 is 0 Å². The highest BCUT2D eigenvalue weighted by Crippen LogP contribution is 2.26. The molecule has 0 bridgehead atoms. The molecule has 6 nitrogen and oxygen atoms in total. The van der Waals surface area contributed by atoms with Crippen LogP contribution >= 0.6 is 0 Å². The molecule has 0 atom stereocenters. The van der Waals surface area contributed by atoms with Crippen LogP contribution in [0, 0.1) is 0 Å². The maximum Gasteiger partial charge on any atom is 0.168 e. The molecule has 5 aromatic rings. The molecule has 0 radical (unpaired) electrons. The minimum absolute atomic E-state index is 0.0421. The second kappa shape index (κ2) is 9.76. The number of Topliss-reactive ketones (excluding diaryl/α,β-unsaturated/α-hetero) is 1. The van der Waals surface area contributed by atoms with E-state index in [1.807, 2.05) is 66.7 Å². The quantitative estimate of drug-likeness (QED) is 0.293. The Labute approximate surface area is 209 Å². The summed E-state index contributed by atoms with van der Waals surface area (Å²) < 4.78 is 7.78. The number of aliphatic hydroxyl groups is 1. The first-order valence-corrected chi connectivity index (χ1v) is 11.8. The molecule has 3 aromatic carbocycles. The molecule has 5 rings (SSSR count). The predicted octanol–water partition coefficient (Wildman–Crippen LogP) is 5.63. The first-order chi connectivity index (χ1) is 17.4. The molecule has 0 aliphatic heterocycles. The van der Waals surface area contributed by atoms with Crippen LogP contribution in [-0.4, -0.2) is 25.5 Å². The van der Waals surface area contributed by atoms with Crippen LogP contribution in [0.2, 0.25) is 0 Å². The third kappa shape index (κ3) is 5.19. The number of carbonyl (C=O) groups is 1. The molecular formula is C30H27N3O3. The molecule has 2 heterocycles. The Morgan fingerprint density at radius 2 is 1.72 bits per heavy atom. The van der Waals surface area contributed by atoms with Gasteiger partial charge in [0, 0.05) is 17.2 Å². The summed E-state index contributed by atoms with van der Waals surface area (Å²) in [6, 6.07) is 28.7. The zero-order valence-electron chi connectivity index (χ0n) is 20.3. The normalized spacial score (nSPS) is 11.5. The van der Waals surface area contributed by atoms with Gasteiger partial charge in [-0.3, -0.25) is 4.79 Å². The number of hydrogen-bond acceptors (Lipinski definition) is 5. The smallest absolute Gasteiger partial charge is 0.168 e. The monoisotopic (exact) mass is 477 g/mol. The minimum atomic E-state index is -0.954. The fraction of sp³-hybridized carbons (Fsp3) is 0.167. The number of rotatable bonds is 8. The first kappa shape index (κ1) is 23.5. The number of benzene rings is 3. The van der Waals surface area contributed by atoms with E-state index in [0.717, 1.165) is 28.1 Å². The van der Waals surface area contributed by atoms with Crippen molar-refractivity contribution in [1.82, 2.24) is 14.6 Å². The van der Waals surface area contributed by atoms with Gasteiger partial charge < -0.3 is 9.84 Å². The molecular weight excluding hydrogens is 450 g/mol. The molecule has 36 heavy (non-hydrogen) atoms. The van der Waals surface area contributed by atoms with Gasteiger partial charge in [-0.05, 0) is 43.2 Å². The third-order valence-electron chi connectivity index (χ3n) is 6.05. The topological polar surface area (TPSA) is 76.7 Å². The second-order valence-electron chi connectivity index (χ2n) is 9.27. The molecule has 1 N–H and O–H groups in total. The summed E-state index contributed by atoms with van der Waals surface area (Å²) in [6.45, 7) is 3.92. The number of nitrogens with zero attached hydrogens (tertiary/aromatic N) is 3. The summed E-state index contributed by atoms with van der Waals surface area (Å²) in [7, 11) is 0. The van der Waals surface area contributed by atoms with E-state index in [1.165, 1.54) is 0 Å². The lowest BCUT2D eigenvalue weighted by Gasteiger charge is -2.17. The van der Waals surface area contributed by atoms with Crippen molar-refractivity contribution in [2.45, 2.75) is 32.5 Å². The van der Waals surface area contributed by atoms with Crippen LogP contribution in [0.5, 0.6) is 5.75 Å². The van der Waals surface area contributed by atoms with E-state index in [-0.39, 0.29) is 12.2 Å². The molecule has 6 heteroatoms. The van der Waals surface area contributed by atoms with Gasteiger partial charge in [0.2, 0.25) is 0 Å². The van der Waals surface area contributed by atoms with E-state index in [1.54, 1.807) is 48.8 Å². The number of hydrogen-bond donors (Lipinski definition) is 1. The Hall–Kier alpha value is -4.29. The van der Waals surface area contributed by atoms with Gasteiger partial charge in [0.25, 0.3) is 0 Å². The van der Waals surface area contributed by atoms with Crippen molar-refractivity contribution < 1.29 is 14.6 Å². The average molecular weight is 478 g/mol. The van der Waals surface area contributed by atoms with Gasteiger partial charge in [-0.25, -0.2) is 9.50 Å². The Morgan fingerprint density at radius 1 is 0.944 bits per heavy atom. The third-order valence-corrected chi connectivity index (χ3v) is 6.05. The summed E-state index contributed by atoms with van der Waals surface area (Å²) in [5.41, 5.74) is 4.55. The SMILES string of the molecule is CC(C)(O)c1ccc(C(=O)Cc2cc(-c3cccc(OCc4ccccc4)c3)n3nccc3n2)cc1. The van der Waals surface area contributed by atoms with Crippen LogP contribution in [-0.2, 0) is 18.6 Å². The van der Waals surface area contributed by atoms with Gasteiger partial charge in [0.1, 0.15) is 12.4 Å². The lowest BCUT2D eigenvalue weighted by Crippen LogP contribution is -2.15. The van der Waals surface area contributed by atoms with Crippen LogP contribution in [0.3, 0.4) is 0 Å². The Balaban J connectivity index is 1.40.